The first kappa shape index (κ1) is 16.7. The molecular formula is C19H25N3O2. The Bertz CT molecular complexity index is 678. The van der Waals surface area contributed by atoms with Crippen molar-refractivity contribution < 1.29 is 9.53 Å². The number of nitrogens with zero attached hydrogens (tertiary/aromatic N) is 2. The maximum atomic E-state index is 12.3. The highest BCUT2D eigenvalue weighted by Crippen LogP contribution is 2.33. The van der Waals surface area contributed by atoms with Gasteiger partial charge in [-0.2, -0.15) is 5.10 Å². The smallest absolute Gasteiger partial charge is 0.254 e. The van der Waals surface area contributed by atoms with E-state index in [0.717, 1.165) is 26.0 Å². The van der Waals surface area contributed by atoms with Crippen molar-refractivity contribution >= 4 is 5.91 Å². The van der Waals surface area contributed by atoms with Crippen molar-refractivity contribution in [2.24, 2.45) is 5.92 Å². The first-order chi connectivity index (χ1) is 11.7. The fraction of sp³-hybridized carbons (Fsp3) is 0.474. The van der Waals surface area contributed by atoms with Gasteiger partial charge in [-0.05, 0) is 32.3 Å². The monoisotopic (exact) mass is 327 g/mol. The first-order valence-electron chi connectivity index (χ1n) is 8.66. The van der Waals surface area contributed by atoms with Crippen molar-refractivity contribution in [2.45, 2.75) is 39.3 Å². The molecule has 5 heteroatoms. The summed E-state index contributed by atoms with van der Waals surface area (Å²) in [7, 11) is 0. The first-order valence-corrected chi connectivity index (χ1v) is 8.66. The molecule has 128 valence electrons. The van der Waals surface area contributed by atoms with Crippen LogP contribution in [0.1, 0.15) is 47.4 Å². The number of aromatic nitrogens is 2. The lowest BCUT2D eigenvalue weighted by atomic mass is 9.89. The summed E-state index contributed by atoms with van der Waals surface area (Å²) in [5.74, 6) is 0.231. The van der Waals surface area contributed by atoms with Crippen molar-refractivity contribution in [3.8, 4) is 0 Å². The van der Waals surface area contributed by atoms with Crippen LogP contribution in [0.2, 0.25) is 0 Å². The Morgan fingerprint density at radius 1 is 1.38 bits per heavy atom. The summed E-state index contributed by atoms with van der Waals surface area (Å²) in [5, 5.41) is 7.20. The minimum atomic E-state index is -0.0667. The van der Waals surface area contributed by atoms with Gasteiger partial charge in [0.15, 0.2) is 0 Å². The van der Waals surface area contributed by atoms with Gasteiger partial charge in [0, 0.05) is 31.8 Å². The van der Waals surface area contributed by atoms with Crippen LogP contribution in [0.25, 0.3) is 0 Å². The summed E-state index contributed by atoms with van der Waals surface area (Å²) in [6.45, 7) is 6.25. The molecule has 5 nitrogen and oxygen atoms in total. The maximum Gasteiger partial charge on any atom is 0.254 e. The van der Waals surface area contributed by atoms with E-state index in [-0.39, 0.29) is 12.0 Å². The molecule has 1 aliphatic rings. The number of benzene rings is 1. The minimum absolute atomic E-state index is 0.0537. The second kappa shape index (κ2) is 7.62. The molecule has 2 aromatic rings. The standard InChI is InChI=1S/C19H25N3O2/c1-3-22-13-17(12-21-22)19(23)20-11-16-5-4-10-24-18(16)15-8-6-14(2)7-9-15/h6-9,12-13,16,18H,3-5,10-11H2,1-2H3,(H,20,23)/t16-,18-/m0/s1. The minimum Gasteiger partial charge on any atom is -0.373 e. The molecule has 0 bridgehead atoms. The van der Waals surface area contributed by atoms with Gasteiger partial charge in [-0.1, -0.05) is 29.8 Å². The van der Waals surface area contributed by atoms with Crippen LogP contribution in [0.4, 0.5) is 0 Å². The van der Waals surface area contributed by atoms with Crippen LogP contribution in [0, 0.1) is 12.8 Å². The van der Waals surface area contributed by atoms with E-state index < -0.39 is 0 Å². The van der Waals surface area contributed by atoms with E-state index in [0.29, 0.717) is 18.0 Å². The number of ether oxygens (including phenoxy) is 1. The highest BCUT2D eigenvalue weighted by Gasteiger charge is 2.28. The SMILES string of the molecule is CCn1cc(C(=O)NC[C@@H]2CCCO[C@H]2c2ccc(C)cc2)cn1. The van der Waals surface area contributed by atoms with E-state index >= 15 is 0 Å². The summed E-state index contributed by atoms with van der Waals surface area (Å²) >= 11 is 0. The van der Waals surface area contributed by atoms with Crippen LogP contribution in [0.15, 0.2) is 36.7 Å². The van der Waals surface area contributed by atoms with Crippen molar-refractivity contribution in [1.29, 1.82) is 0 Å². The van der Waals surface area contributed by atoms with Crippen molar-refractivity contribution in [3.63, 3.8) is 0 Å². The van der Waals surface area contributed by atoms with Gasteiger partial charge in [0.25, 0.3) is 5.91 Å². The highest BCUT2D eigenvalue weighted by molar-refractivity contribution is 5.93. The van der Waals surface area contributed by atoms with Gasteiger partial charge < -0.3 is 10.1 Å². The Morgan fingerprint density at radius 3 is 2.88 bits per heavy atom. The average Bonchev–Trinajstić information content (AvgIpc) is 3.10. The molecule has 1 aromatic carbocycles. The molecule has 0 radical (unpaired) electrons. The molecule has 0 unspecified atom stereocenters. The number of carbonyl (C=O) groups is 1. The highest BCUT2D eigenvalue weighted by atomic mass is 16.5. The second-order valence-electron chi connectivity index (χ2n) is 6.40. The van der Waals surface area contributed by atoms with Crippen molar-refractivity contribution in [1.82, 2.24) is 15.1 Å². The number of hydrogen-bond donors (Lipinski definition) is 1. The summed E-state index contributed by atoms with van der Waals surface area (Å²) in [5.41, 5.74) is 3.05. The van der Waals surface area contributed by atoms with Gasteiger partial charge >= 0.3 is 0 Å². The van der Waals surface area contributed by atoms with Crippen LogP contribution in [-0.4, -0.2) is 28.8 Å². The molecule has 1 aromatic heterocycles. The fourth-order valence-electron chi connectivity index (χ4n) is 3.16. The molecule has 1 saturated heterocycles. The lowest BCUT2D eigenvalue weighted by molar-refractivity contribution is -0.0272. The Morgan fingerprint density at radius 2 is 2.17 bits per heavy atom. The Balaban J connectivity index is 1.63. The summed E-state index contributed by atoms with van der Waals surface area (Å²) in [6.07, 6.45) is 5.56. The van der Waals surface area contributed by atoms with Gasteiger partial charge in [0.1, 0.15) is 0 Å². The number of rotatable bonds is 5. The predicted octanol–water partition coefficient (Wildman–Crippen LogP) is 3.11. The molecule has 0 aliphatic carbocycles. The molecule has 1 fully saturated rings. The normalized spacial score (nSPS) is 20.8. The third-order valence-corrected chi connectivity index (χ3v) is 4.59. The van der Waals surface area contributed by atoms with E-state index in [1.807, 2.05) is 6.92 Å². The number of carbonyl (C=O) groups excluding carboxylic acids is 1. The van der Waals surface area contributed by atoms with E-state index in [1.165, 1.54) is 11.1 Å². The van der Waals surface area contributed by atoms with E-state index in [9.17, 15) is 4.79 Å². The molecule has 24 heavy (non-hydrogen) atoms. The van der Waals surface area contributed by atoms with Crippen LogP contribution in [0.5, 0.6) is 0 Å². The summed E-state index contributed by atoms with van der Waals surface area (Å²) in [4.78, 5) is 12.3. The molecular weight excluding hydrogens is 302 g/mol. The second-order valence-corrected chi connectivity index (χ2v) is 6.40. The molecule has 0 saturated carbocycles. The maximum absolute atomic E-state index is 12.3. The molecule has 1 aliphatic heterocycles. The predicted molar refractivity (Wildman–Crippen MR) is 92.8 cm³/mol. The van der Waals surface area contributed by atoms with Crippen LogP contribution < -0.4 is 5.32 Å². The van der Waals surface area contributed by atoms with Gasteiger partial charge in [0.2, 0.25) is 0 Å². The zero-order valence-electron chi connectivity index (χ0n) is 14.4. The van der Waals surface area contributed by atoms with Gasteiger partial charge in [0.05, 0.1) is 17.9 Å². The Hall–Kier alpha value is -2.14. The lowest BCUT2D eigenvalue weighted by Crippen LogP contribution is -2.35. The quantitative estimate of drug-likeness (QED) is 0.918. The largest absolute Gasteiger partial charge is 0.373 e. The third-order valence-electron chi connectivity index (χ3n) is 4.59. The third kappa shape index (κ3) is 3.85. The molecule has 0 spiro atoms. The Kier molecular flexibility index (Phi) is 5.30. The number of amides is 1. The van der Waals surface area contributed by atoms with Gasteiger partial charge in [-0.3, -0.25) is 9.48 Å². The summed E-state index contributed by atoms with van der Waals surface area (Å²) < 4.78 is 7.77. The summed E-state index contributed by atoms with van der Waals surface area (Å²) in [6, 6.07) is 8.49. The molecule has 1 amide bonds. The number of hydrogen-bond acceptors (Lipinski definition) is 3. The molecule has 2 atom stereocenters. The van der Waals surface area contributed by atoms with Crippen molar-refractivity contribution in [2.75, 3.05) is 13.2 Å². The van der Waals surface area contributed by atoms with E-state index in [1.54, 1.807) is 17.1 Å². The number of aryl methyl sites for hydroxylation is 2. The van der Waals surface area contributed by atoms with Crippen molar-refractivity contribution in [3.05, 3.63) is 53.3 Å². The molecule has 2 heterocycles. The van der Waals surface area contributed by atoms with Crippen LogP contribution in [0.3, 0.4) is 0 Å². The van der Waals surface area contributed by atoms with Crippen LogP contribution in [-0.2, 0) is 11.3 Å². The van der Waals surface area contributed by atoms with Crippen LogP contribution >= 0.6 is 0 Å². The number of nitrogens with one attached hydrogen (secondary N) is 1. The van der Waals surface area contributed by atoms with E-state index in [4.69, 9.17) is 4.74 Å². The zero-order chi connectivity index (χ0) is 16.9. The van der Waals surface area contributed by atoms with Gasteiger partial charge in [-0.15, -0.1) is 0 Å². The fourth-order valence-corrected chi connectivity index (χ4v) is 3.16. The Labute approximate surface area is 143 Å². The molecule has 1 N–H and O–H groups in total. The van der Waals surface area contributed by atoms with E-state index in [2.05, 4.69) is 41.6 Å². The topological polar surface area (TPSA) is 56.2 Å². The average molecular weight is 327 g/mol. The zero-order valence-corrected chi connectivity index (χ0v) is 14.4. The molecule has 3 rings (SSSR count). The van der Waals surface area contributed by atoms with Gasteiger partial charge in [-0.25, -0.2) is 0 Å². The lowest BCUT2D eigenvalue weighted by Gasteiger charge is -2.32.